The lowest BCUT2D eigenvalue weighted by Gasteiger charge is -2.18. The summed E-state index contributed by atoms with van der Waals surface area (Å²) in [6.45, 7) is 3.58. The molecular formula is C14H18Cl2FN3O3S. The average Bonchev–Trinajstić information content (AvgIpc) is 3.02. The maximum atomic E-state index is 14.3. The molecule has 1 aromatic carbocycles. The van der Waals surface area contributed by atoms with Gasteiger partial charge in [0.25, 0.3) is 0 Å². The van der Waals surface area contributed by atoms with Crippen LogP contribution in [0.15, 0.2) is 17.0 Å². The van der Waals surface area contributed by atoms with Crippen molar-refractivity contribution in [3.63, 3.8) is 0 Å². The van der Waals surface area contributed by atoms with E-state index in [1.165, 1.54) is 11.2 Å². The highest BCUT2D eigenvalue weighted by Crippen LogP contribution is 2.34. The summed E-state index contributed by atoms with van der Waals surface area (Å²) in [7, 11) is -3.95. The van der Waals surface area contributed by atoms with Crippen LogP contribution in [-0.4, -0.2) is 44.8 Å². The second-order valence-electron chi connectivity index (χ2n) is 5.94. The van der Waals surface area contributed by atoms with Gasteiger partial charge in [0.15, 0.2) is 0 Å². The molecule has 6 nitrogen and oxygen atoms in total. The minimum atomic E-state index is -3.95. The molecule has 0 aromatic heterocycles. The van der Waals surface area contributed by atoms with E-state index in [9.17, 15) is 17.6 Å². The third kappa shape index (κ3) is 3.52. The van der Waals surface area contributed by atoms with E-state index in [1.807, 2.05) is 0 Å². The minimum Gasteiger partial charge on any atom is -0.325 e. The second kappa shape index (κ2) is 7.13. The molecule has 0 spiro atoms. The standard InChI is InChI=1S/C14H17ClFN3O3S.ClH/c1-8(20)18-13-3-12(16)14(2-11(13)15)23(21,22)19-6-9-4-17-5-10(9)7-19;/h2-3,9-10,17H,4-7H2,1H3,(H,18,20);1H/t9-,10+;. The molecule has 10 heteroatoms. The lowest BCUT2D eigenvalue weighted by Crippen LogP contribution is -2.32. The number of sulfonamides is 1. The summed E-state index contributed by atoms with van der Waals surface area (Å²) < 4.78 is 41.0. The third-order valence-corrected chi connectivity index (χ3v) is 6.47. The number of benzene rings is 1. The number of hydrogen-bond acceptors (Lipinski definition) is 4. The van der Waals surface area contributed by atoms with Gasteiger partial charge in [0, 0.05) is 26.1 Å². The van der Waals surface area contributed by atoms with Crippen LogP contribution in [0.5, 0.6) is 0 Å². The number of nitrogens with zero attached hydrogens (tertiary/aromatic N) is 1. The van der Waals surface area contributed by atoms with Gasteiger partial charge >= 0.3 is 0 Å². The first-order valence-corrected chi connectivity index (χ1v) is 9.08. The zero-order chi connectivity index (χ0) is 16.8. The predicted octanol–water partition coefficient (Wildman–Crippen LogP) is 1.70. The van der Waals surface area contributed by atoms with Crippen LogP contribution < -0.4 is 10.6 Å². The number of nitrogens with one attached hydrogen (secondary N) is 2. The maximum absolute atomic E-state index is 14.3. The van der Waals surface area contributed by atoms with E-state index in [4.69, 9.17) is 11.6 Å². The summed E-state index contributed by atoms with van der Waals surface area (Å²) in [5.41, 5.74) is 0.0538. The SMILES string of the molecule is CC(=O)Nc1cc(F)c(S(=O)(=O)N2C[C@H]3CNC[C@H]3C2)cc1Cl.Cl. The van der Waals surface area contributed by atoms with Crippen molar-refractivity contribution >= 4 is 45.6 Å². The smallest absolute Gasteiger partial charge is 0.246 e. The van der Waals surface area contributed by atoms with E-state index < -0.39 is 26.6 Å². The number of carbonyl (C=O) groups is 1. The molecule has 0 aliphatic carbocycles. The minimum absolute atomic E-state index is 0. The molecule has 2 heterocycles. The zero-order valence-electron chi connectivity index (χ0n) is 12.9. The Morgan fingerprint density at radius 1 is 1.33 bits per heavy atom. The molecule has 2 N–H and O–H groups in total. The highest BCUT2D eigenvalue weighted by molar-refractivity contribution is 7.89. The van der Waals surface area contributed by atoms with Crippen LogP contribution in [0.4, 0.5) is 10.1 Å². The Bertz CT molecular complexity index is 748. The topological polar surface area (TPSA) is 78.5 Å². The van der Waals surface area contributed by atoms with Crippen LogP contribution in [0.2, 0.25) is 5.02 Å². The third-order valence-electron chi connectivity index (χ3n) is 4.31. The monoisotopic (exact) mass is 397 g/mol. The molecule has 0 unspecified atom stereocenters. The van der Waals surface area contributed by atoms with Crippen molar-refractivity contribution in [1.82, 2.24) is 9.62 Å². The van der Waals surface area contributed by atoms with Crippen molar-refractivity contribution in [1.29, 1.82) is 0 Å². The van der Waals surface area contributed by atoms with Gasteiger partial charge in [-0.25, -0.2) is 12.8 Å². The van der Waals surface area contributed by atoms with Gasteiger partial charge in [0.2, 0.25) is 15.9 Å². The van der Waals surface area contributed by atoms with Crippen LogP contribution in [0.1, 0.15) is 6.92 Å². The Kier molecular flexibility index (Phi) is 5.76. The fourth-order valence-electron chi connectivity index (χ4n) is 3.16. The van der Waals surface area contributed by atoms with E-state index in [0.717, 1.165) is 25.2 Å². The number of fused-ring (bicyclic) bond motifs is 1. The molecule has 3 rings (SSSR count). The van der Waals surface area contributed by atoms with Crippen molar-refractivity contribution in [2.75, 3.05) is 31.5 Å². The van der Waals surface area contributed by atoms with Gasteiger partial charge in [-0.1, -0.05) is 11.6 Å². The molecule has 24 heavy (non-hydrogen) atoms. The van der Waals surface area contributed by atoms with Crippen molar-refractivity contribution in [2.45, 2.75) is 11.8 Å². The highest BCUT2D eigenvalue weighted by atomic mass is 35.5. The Balaban J connectivity index is 0.00000208. The molecule has 2 saturated heterocycles. The van der Waals surface area contributed by atoms with Crippen LogP contribution in [-0.2, 0) is 14.8 Å². The van der Waals surface area contributed by atoms with Gasteiger partial charge in [-0.2, -0.15) is 4.31 Å². The van der Waals surface area contributed by atoms with E-state index >= 15 is 0 Å². The summed E-state index contributed by atoms with van der Waals surface area (Å²) >= 11 is 5.98. The summed E-state index contributed by atoms with van der Waals surface area (Å²) in [5.74, 6) is -0.806. The fraction of sp³-hybridized carbons (Fsp3) is 0.500. The molecule has 2 fully saturated rings. The van der Waals surface area contributed by atoms with Crippen molar-refractivity contribution in [2.24, 2.45) is 11.8 Å². The Labute approximate surface area is 151 Å². The number of amides is 1. The lowest BCUT2D eigenvalue weighted by atomic mass is 10.0. The quantitative estimate of drug-likeness (QED) is 0.813. The summed E-state index contributed by atoms with van der Waals surface area (Å²) in [6.07, 6.45) is 0. The van der Waals surface area contributed by atoms with Crippen LogP contribution in [0, 0.1) is 17.7 Å². The van der Waals surface area contributed by atoms with Gasteiger partial charge in [-0.15, -0.1) is 12.4 Å². The lowest BCUT2D eigenvalue weighted by molar-refractivity contribution is -0.114. The van der Waals surface area contributed by atoms with Crippen molar-refractivity contribution < 1.29 is 17.6 Å². The first-order valence-electron chi connectivity index (χ1n) is 7.26. The molecule has 2 aliphatic rings. The van der Waals surface area contributed by atoms with Gasteiger partial charge in [-0.3, -0.25) is 4.79 Å². The molecule has 134 valence electrons. The normalized spacial score (nSPS) is 23.6. The molecular weight excluding hydrogens is 380 g/mol. The average molecular weight is 398 g/mol. The number of carbonyl (C=O) groups excluding carboxylic acids is 1. The van der Waals surface area contributed by atoms with Gasteiger partial charge in [-0.05, 0) is 31.0 Å². The summed E-state index contributed by atoms with van der Waals surface area (Å²) in [6, 6.07) is 2.00. The summed E-state index contributed by atoms with van der Waals surface area (Å²) in [5, 5.41) is 5.58. The molecule has 0 saturated carbocycles. The van der Waals surface area contributed by atoms with E-state index in [1.54, 1.807) is 0 Å². The molecule has 2 aliphatic heterocycles. The van der Waals surface area contributed by atoms with Crippen molar-refractivity contribution in [3.05, 3.63) is 23.0 Å². The molecule has 0 radical (unpaired) electrons. The predicted molar refractivity (Wildman–Crippen MR) is 91.6 cm³/mol. The van der Waals surface area contributed by atoms with E-state index in [2.05, 4.69) is 10.6 Å². The van der Waals surface area contributed by atoms with Gasteiger partial charge in [0.05, 0.1) is 10.7 Å². The molecule has 2 atom stereocenters. The zero-order valence-corrected chi connectivity index (χ0v) is 15.3. The van der Waals surface area contributed by atoms with E-state index in [-0.39, 0.29) is 35.0 Å². The van der Waals surface area contributed by atoms with Crippen LogP contribution in [0.3, 0.4) is 0 Å². The number of rotatable bonds is 3. The largest absolute Gasteiger partial charge is 0.325 e. The van der Waals surface area contributed by atoms with Crippen LogP contribution >= 0.6 is 24.0 Å². The Morgan fingerprint density at radius 2 is 1.92 bits per heavy atom. The fourth-order valence-corrected chi connectivity index (χ4v) is 5.06. The first kappa shape index (κ1) is 19.4. The van der Waals surface area contributed by atoms with Gasteiger partial charge in [0.1, 0.15) is 10.7 Å². The maximum Gasteiger partial charge on any atom is 0.246 e. The molecule has 0 bridgehead atoms. The first-order chi connectivity index (χ1) is 10.8. The van der Waals surface area contributed by atoms with Crippen LogP contribution in [0.25, 0.3) is 0 Å². The molecule has 1 aromatic rings. The van der Waals surface area contributed by atoms with Gasteiger partial charge < -0.3 is 10.6 Å². The van der Waals surface area contributed by atoms with E-state index in [0.29, 0.717) is 13.1 Å². The number of halogens is 3. The molecule has 1 amide bonds. The number of hydrogen-bond donors (Lipinski definition) is 2. The second-order valence-corrected chi connectivity index (χ2v) is 8.26. The summed E-state index contributed by atoms with van der Waals surface area (Å²) in [4.78, 5) is 10.6. The number of anilines is 1. The highest BCUT2D eigenvalue weighted by Gasteiger charge is 2.42. The van der Waals surface area contributed by atoms with Crippen molar-refractivity contribution in [3.8, 4) is 0 Å². The Morgan fingerprint density at radius 3 is 2.46 bits per heavy atom. The Hall–Kier alpha value is -0.930.